The summed E-state index contributed by atoms with van der Waals surface area (Å²) in [4.78, 5) is 26.0. The summed E-state index contributed by atoms with van der Waals surface area (Å²) in [7, 11) is 0. The van der Waals surface area contributed by atoms with E-state index in [2.05, 4.69) is 20.1 Å². The van der Waals surface area contributed by atoms with Crippen molar-refractivity contribution in [3.8, 4) is 0 Å². The number of alkyl halides is 3. The topological polar surface area (TPSA) is 124 Å². The first-order chi connectivity index (χ1) is 16.0. The molecule has 1 aliphatic heterocycles. The molecule has 2 heterocycles. The smallest absolute Gasteiger partial charge is 0.363 e. The van der Waals surface area contributed by atoms with Crippen LogP contribution in [0.5, 0.6) is 0 Å². The van der Waals surface area contributed by atoms with Gasteiger partial charge in [0.1, 0.15) is 6.73 Å². The zero-order valence-electron chi connectivity index (χ0n) is 17.7. The van der Waals surface area contributed by atoms with Crippen molar-refractivity contribution < 1.29 is 32.0 Å². The molecule has 4 rings (SSSR count). The number of nitrogens with two attached hydrogens (primary N) is 1. The molecular weight excluding hydrogens is 479 g/mol. The molecule has 3 N–H and O–H groups in total. The second-order valence-electron chi connectivity index (χ2n) is 7.08. The van der Waals surface area contributed by atoms with Crippen molar-refractivity contribution in [1.29, 1.82) is 0 Å². The quantitative estimate of drug-likeness (QED) is 0.567. The summed E-state index contributed by atoms with van der Waals surface area (Å²) >= 11 is 5.96. The van der Waals surface area contributed by atoms with Crippen LogP contribution in [0.1, 0.15) is 32.4 Å². The number of carbonyl (C=O) groups is 2. The molecule has 2 aromatic carbocycles. The fourth-order valence-electron chi connectivity index (χ4n) is 3.09. The number of amides is 2. The second kappa shape index (κ2) is 10.2. The molecule has 13 heteroatoms. The van der Waals surface area contributed by atoms with Crippen LogP contribution in [0.3, 0.4) is 0 Å². The number of carbonyl (C=O) groups excluding carboxylic acids is 2. The lowest BCUT2D eigenvalue weighted by atomic mass is 9.93. The molecule has 1 saturated heterocycles. The van der Waals surface area contributed by atoms with Gasteiger partial charge in [-0.15, -0.1) is 0 Å². The van der Waals surface area contributed by atoms with Crippen LogP contribution in [0.25, 0.3) is 0 Å². The molecule has 1 aliphatic rings. The van der Waals surface area contributed by atoms with Gasteiger partial charge in [0.2, 0.25) is 11.5 Å². The number of hydrogen-bond acceptors (Lipinski definition) is 7. The summed E-state index contributed by atoms with van der Waals surface area (Å²) < 4.78 is 51.0. The van der Waals surface area contributed by atoms with Crippen LogP contribution in [0.15, 0.2) is 59.1 Å². The Labute approximate surface area is 196 Å². The number of primary amides is 1. The number of benzene rings is 2. The molecule has 180 valence electrons. The van der Waals surface area contributed by atoms with Gasteiger partial charge in [0.15, 0.2) is 0 Å². The minimum absolute atomic E-state index is 0.0453. The van der Waals surface area contributed by atoms with Crippen LogP contribution in [-0.4, -0.2) is 46.4 Å². The van der Waals surface area contributed by atoms with Crippen molar-refractivity contribution in [2.75, 3.05) is 13.3 Å². The Bertz CT molecular complexity index is 1160. The van der Waals surface area contributed by atoms with E-state index in [1.807, 2.05) is 0 Å². The lowest BCUT2D eigenvalue weighted by Crippen LogP contribution is -2.49. The Morgan fingerprint density at radius 3 is 2.32 bits per heavy atom. The molecule has 0 aliphatic carbocycles. The van der Waals surface area contributed by atoms with Gasteiger partial charge in [0, 0.05) is 23.1 Å². The number of halogens is 4. The highest BCUT2D eigenvalue weighted by atomic mass is 35.5. The van der Waals surface area contributed by atoms with E-state index in [0.29, 0.717) is 11.5 Å². The van der Waals surface area contributed by atoms with Crippen LogP contribution >= 0.6 is 11.6 Å². The van der Waals surface area contributed by atoms with Gasteiger partial charge in [-0.3, -0.25) is 15.0 Å². The van der Waals surface area contributed by atoms with Gasteiger partial charge in [0.25, 0.3) is 17.6 Å². The molecule has 0 radical (unpaired) electrons. The average Bonchev–Trinajstić information content (AvgIpc) is 3.42. The largest absolute Gasteiger partial charge is 0.423 e. The predicted molar refractivity (Wildman–Crippen MR) is 113 cm³/mol. The van der Waals surface area contributed by atoms with Gasteiger partial charge in [-0.1, -0.05) is 53.2 Å². The van der Waals surface area contributed by atoms with Gasteiger partial charge in [-0.2, -0.15) is 23.2 Å². The first kappa shape index (κ1) is 25.1. The lowest BCUT2D eigenvalue weighted by molar-refractivity contribution is -0.264. The van der Waals surface area contributed by atoms with E-state index in [1.165, 1.54) is 18.2 Å². The van der Waals surface area contributed by atoms with Gasteiger partial charge in [0.05, 0.1) is 6.54 Å². The monoisotopic (exact) mass is 497 g/mol. The molecule has 0 spiro atoms. The van der Waals surface area contributed by atoms with Crippen molar-refractivity contribution in [1.82, 2.24) is 20.6 Å². The molecular formula is C21H19ClF3N5O4. The molecule has 0 bridgehead atoms. The Morgan fingerprint density at radius 1 is 1.15 bits per heavy atom. The number of aryl methyl sites for hydroxylation is 1. The summed E-state index contributed by atoms with van der Waals surface area (Å²) in [6.45, 7) is 0.571. The fraction of sp³-hybridized carbons (Fsp3) is 0.238. The summed E-state index contributed by atoms with van der Waals surface area (Å²) in [5.41, 5.74) is 4.80. The van der Waals surface area contributed by atoms with Crippen LogP contribution in [0, 0.1) is 6.92 Å². The summed E-state index contributed by atoms with van der Waals surface area (Å²) in [5, 5.41) is 4.30. The zero-order valence-corrected chi connectivity index (χ0v) is 18.4. The van der Waals surface area contributed by atoms with Gasteiger partial charge in [-0.05, 0) is 18.2 Å². The van der Waals surface area contributed by atoms with Crippen LogP contribution in [0.4, 0.5) is 13.2 Å². The molecule has 2 amide bonds. The van der Waals surface area contributed by atoms with Crippen LogP contribution in [-0.2, 0) is 10.3 Å². The standard InChI is InChI=1S/C17H14ClF3N2O2.C4H5N3O2/c18-14-9-5-4-8-13(14)16(17(19,20)21)10-23(11-25-16)22-15(24)12-6-2-1-3-7-12;1-2-6-4(3(5)8)7-9-2/h1-9H,10-11H2,(H,22,24);1H3,(H2,5,8). The first-order valence-corrected chi connectivity index (χ1v) is 10.1. The SMILES string of the molecule is Cc1nc(C(N)=O)no1.O=C(NN1COC(c2ccccc2Cl)(C(F)(F)F)C1)c1ccccc1. The third-order valence-electron chi connectivity index (χ3n) is 4.69. The first-order valence-electron chi connectivity index (χ1n) is 9.70. The molecule has 1 unspecified atom stereocenters. The van der Waals surface area contributed by atoms with E-state index in [1.54, 1.807) is 43.3 Å². The Balaban J connectivity index is 0.000000302. The number of nitrogens with one attached hydrogen (secondary N) is 1. The summed E-state index contributed by atoms with van der Waals surface area (Å²) in [5.74, 6) is -0.926. The van der Waals surface area contributed by atoms with E-state index >= 15 is 0 Å². The number of hydrazine groups is 1. The number of nitrogens with zero attached hydrogens (tertiary/aromatic N) is 3. The van der Waals surface area contributed by atoms with E-state index in [0.717, 1.165) is 5.01 Å². The van der Waals surface area contributed by atoms with Gasteiger partial charge in [-0.25, -0.2) is 0 Å². The number of hydrogen-bond donors (Lipinski definition) is 2. The van der Waals surface area contributed by atoms with E-state index in [9.17, 15) is 22.8 Å². The van der Waals surface area contributed by atoms with Crippen molar-refractivity contribution >= 4 is 23.4 Å². The van der Waals surface area contributed by atoms with Crippen molar-refractivity contribution in [3.63, 3.8) is 0 Å². The van der Waals surface area contributed by atoms with Crippen molar-refractivity contribution in [3.05, 3.63) is 82.5 Å². The predicted octanol–water partition coefficient (Wildman–Crippen LogP) is 3.21. The highest BCUT2D eigenvalue weighted by molar-refractivity contribution is 6.31. The van der Waals surface area contributed by atoms with Gasteiger partial charge < -0.3 is 15.0 Å². The number of ether oxygens (including phenoxy) is 1. The van der Waals surface area contributed by atoms with Gasteiger partial charge >= 0.3 is 6.18 Å². The normalized spacial score (nSPS) is 18.1. The van der Waals surface area contributed by atoms with Crippen LogP contribution < -0.4 is 11.2 Å². The molecule has 3 aromatic rings. The molecule has 1 fully saturated rings. The maximum Gasteiger partial charge on any atom is 0.423 e. The maximum atomic E-state index is 13.8. The van der Waals surface area contributed by atoms with E-state index < -0.39 is 36.9 Å². The number of rotatable bonds is 4. The molecule has 34 heavy (non-hydrogen) atoms. The lowest BCUT2D eigenvalue weighted by Gasteiger charge is -2.31. The average molecular weight is 498 g/mol. The van der Waals surface area contributed by atoms with Crippen molar-refractivity contribution in [2.24, 2.45) is 5.73 Å². The van der Waals surface area contributed by atoms with E-state index in [-0.39, 0.29) is 16.4 Å². The third-order valence-corrected chi connectivity index (χ3v) is 5.02. The minimum Gasteiger partial charge on any atom is -0.363 e. The van der Waals surface area contributed by atoms with Crippen LogP contribution in [0.2, 0.25) is 5.02 Å². The molecule has 9 nitrogen and oxygen atoms in total. The maximum absolute atomic E-state index is 13.8. The highest BCUT2D eigenvalue weighted by Crippen LogP contribution is 2.47. The van der Waals surface area contributed by atoms with Crippen molar-refractivity contribution in [2.45, 2.75) is 18.7 Å². The second-order valence-corrected chi connectivity index (χ2v) is 7.49. The Morgan fingerprint density at radius 2 is 1.79 bits per heavy atom. The molecule has 1 aromatic heterocycles. The summed E-state index contributed by atoms with van der Waals surface area (Å²) in [6, 6.07) is 13.9. The Hall–Kier alpha value is -3.48. The van der Waals surface area contributed by atoms with E-state index in [4.69, 9.17) is 22.1 Å². The fourth-order valence-corrected chi connectivity index (χ4v) is 3.38. The zero-order chi connectivity index (χ0) is 24.9. The molecule has 1 atom stereocenters. The third kappa shape index (κ3) is 5.53. The molecule has 0 saturated carbocycles. The Kier molecular flexibility index (Phi) is 7.54. The summed E-state index contributed by atoms with van der Waals surface area (Å²) in [6.07, 6.45) is -4.70. The highest BCUT2D eigenvalue weighted by Gasteiger charge is 2.62. The number of aromatic nitrogens is 2. The minimum atomic E-state index is -4.70.